The molecule has 0 aliphatic rings. The van der Waals surface area contributed by atoms with Gasteiger partial charge in [0.05, 0.1) is 6.26 Å². The van der Waals surface area contributed by atoms with Gasteiger partial charge in [0.15, 0.2) is 17.2 Å². The monoisotopic (exact) mass is 294 g/mol. The molecule has 8 nitrogen and oxygen atoms in total. The quantitative estimate of drug-likeness (QED) is 0.578. The zero-order valence-corrected chi connectivity index (χ0v) is 11.2. The Bertz CT molecular complexity index is 961. The van der Waals surface area contributed by atoms with Crippen molar-refractivity contribution in [3.63, 3.8) is 0 Å². The fourth-order valence-corrected chi connectivity index (χ4v) is 2.19. The van der Waals surface area contributed by atoms with E-state index >= 15 is 0 Å². The Morgan fingerprint density at radius 3 is 2.77 bits per heavy atom. The van der Waals surface area contributed by atoms with E-state index in [-0.39, 0.29) is 11.7 Å². The van der Waals surface area contributed by atoms with Gasteiger partial charge in [-0.2, -0.15) is 0 Å². The van der Waals surface area contributed by atoms with Crippen molar-refractivity contribution in [3.8, 4) is 28.7 Å². The van der Waals surface area contributed by atoms with Crippen molar-refractivity contribution in [1.82, 2.24) is 24.6 Å². The van der Waals surface area contributed by atoms with E-state index in [0.29, 0.717) is 28.6 Å². The molecule has 108 valence electrons. The van der Waals surface area contributed by atoms with E-state index in [4.69, 9.17) is 10.2 Å². The highest BCUT2D eigenvalue weighted by atomic mass is 16.3. The summed E-state index contributed by atoms with van der Waals surface area (Å²) in [7, 11) is 0. The molecule has 0 saturated heterocycles. The molecule has 0 saturated carbocycles. The lowest BCUT2D eigenvalue weighted by molar-refractivity contribution is 0.475. The normalized spacial score (nSPS) is 11.1. The second-order valence-electron chi connectivity index (χ2n) is 4.61. The van der Waals surface area contributed by atoms with Gasteiger partial charge in [-0.25, -0.2) is 9.97 Å². The topological polar surface area (TPSA) is 115 Å². The number of nitrogen functional groups attached to an aromatic ring is 1. The van der Waals surface area contributed by atoms with Crippen LogP contribution in [-0.4, -0.2) is 29.7 Å². The predicted octanol–water partition coefficient (Wildman–Crippen LogP) is 1.73. The molecular weight excluding hydrogens is 284 g/mol. The summed E-state index contributed by atoms with van der Waals surface area (Å²) in [5, 5.41) is 17.6. The van der Waals surface area contributed by atoms with Gasteiger partial charge < -0.3 is 15.3 Å². The minimum Gasteiger partial charge on any atom is -0.508 e. The molecule has 0 radical (unpaired) electrons. The molecule has 8 heteroatoms. The first-order chi connectivity index (χ1) is 10.7. The molecule has 0 fully saturated rings. The molecule has 0 unspecified atom stereocenters. The number of nitrogens with zero attached hydrogens (tertiary/aromatic N) is 5. The molecule has 4 aromatic heterocycles. The maximum Gasteiger partial charge on any atom is 0.221 e. The van der Waals surface area contributed by atoms with Gasteiger partial charge in [-0.15, -0.1) is 10.2 Å². The number of aromatic hydroxyl groups is 1. The first-order valence-electron chi connectivity index (χ1n) is 6.43. The van der Waals surface area contributed by atoms with Crippen LogP contribution in [0.2, 0.25) is 0 Å². The van der Waals surface area contributed by atoms with Crippen LogP contribution in [0.4, 0.5) is 5.95 Å². The maximum absolute atomic E-state index is 9.48. The Morgan fingerprint density at radius 1 is 1.09 bits per heavy atom. The van der Waals surface area contributed by atoms with Crippen LogP contribution in [0.3, 0.4) is 0 Å². The van der Waals surface area contributed by atoms with Crippen LogP contribution in [-0.2, 0) is 0 Å². The van der Waals surface area contributed by atoms with E-state index in [2.05, 4.69) is 20.2 Å². The van der Waals surface area contributed by atoms with Crippen LogP contribution in [0, 0.1) is 0 Å². The Morgan fingerprint density at radius 2 is 1.95 bits per heavy atom. The third-order valence-electron chi connectivity index (χ3n) is 3.14. The van der Waals surface area contributed by atoms with Crippen molar-refractivity contribution >= 4 is 11.6 Å². The molecule has 0 aliphatic carbocycles. The number of rotatable bonds is 2. The first-order valence-corrected chi connectivity index (χ1v) is 6.43. The Labute approximate surface area is 123 Å². The molecule has 22 heavy (non-hydrogen) atoms. The number of pyridine rings is 1. The van der Waals surface area contributed by atoms with E-state index in [0.717, 1.165) is 0 Å². The van der Waals surface area contributed by atoms with Crippen molar-refractivity contribution in [2.45, 2.75) is 0 Å². The molecule has 0 bridgehead atoms. The van der Waals surface area contributed by atoms with Crippen molar-refractivity contribution in [2.24, 2.45) is 0 Å². The molecule has 4 aromatic rings. The molecule has 0 amide bonds. The first kappa shape index (κ1) is 12.3. The van der Waals surface area contributed by atoms with Crippen LogP contribution >= 0.6 is 0 Å². The largest absolute Gasteiger partial charge is 0.508 e. The van der Waals surface area contributed by atoms with Gasteiger partial charge in [0.2, 0.25) is 5.95 Å². The number of nitrogens with two attached hydrogens (primary N) is 1. The highest BCUT2D eigenvalue weighted by Gasteiger charge is 2.14. The smallest absolute Gasteiger partial charge is 0.221 e. The lowest BCUT2D eigenvalue weighted by atomic mass is 10.2. The highest BCUT2D eigenvalue weighted by Crippen LogP contribution is 2.24. The van der Waals surface area contributed by atoms with E-state index in [1.165, 1.54) is 12.1 Å². The second kappa shape index (κ2) is 4.55. The Balaban J connectivity index is 1.91. The highest BCUT2D eigenvalue weighted by molar-refractivity contribution is 5.64. The third kappa shape index (κ3) is 1.94. The second-order valence-corrected chi connectivity index (χ2v) is 4.61. The van der Waals surface area contributed by atoms with Crippen molar-refractivity contribution < 1.29 is 9.52 Å². The van der Waals surface area contributed by atoms with Crippen molar-refractivity contribution in [3.05, 3.63) is 42.8 Å². The molecular formula is C14H10N6O2. The number of furan rings is 1. The predicted molar refractivity (Wildman–Crippen MR) is 77.8 cm³/mol. The molecule has 3 N–H and O–H groups in total. The molecule has 0 aromatic carbocycles. The average molecular weight is 294 g/mol. The van der Waals surface area contributed by atoms with E-state index in [1.807, 2.05) is 0 Å². The lowest BCUT2D eigenvalue weighted by Crippen LogP contribution is -2.00. The molecule has 0 aliphatic heterocycles. The van der Waals surface area contributed by atoms with Crippen LogP contribution in [0.5, 0.6) is 5.75 Å². The van der Waals surface area contributed by atoms with E-state index in [1.54, 1.807) is 35.1 Å². The summed E-state index contributed by atoms with van der Waals surface area (Å²) in [6.07, 6.45) is 3.22. The van der Waals surface area contributed by atoms with Crippen molar-refractivity contribution in [2.75, 3.05) is 5.73 Å². The number of fused-ring (bicyclic) bond motifs is 1. The summed E-state index contributed by atoms with van der Waals surface area (Å²) in [4.78, 5) is 8.35. The van der Waals surface area contributed by atoms with Crippen LogP contribution < -0.4 is 5.73 Å². The molecule has 0 spiro atoms. The zero-order valence-electron chi connectivity index (χ0n) is 11.2. The minimum atomic E-state index is 0.111. The standard InChI is InChI=1S/C14H10N6O2/c15-14-16-9(11-2-1-5-22-11)7-10(17-14)13-19-18-12-6-8(21)3-4-20(12)13/h1-7,21H,(H2,15,16,17). The Kier molecular flexibility index (Phi) is 2.55. The summed E-state index contributed by atoms with van der Waals surface area (Å²) in [5.74, 6) is 1.31. The summed E-state index contributed by atoms with van der Waals surface area (Å²) >= 11 is 0. The fourth-order valence-electron chi connectivity index (χ4n) is 2.19. The van der Waals surface area contributed by atoms with Gasteiger partial charge in [0.25, 0.3) is 0 Å². The fraction of sp³-hybridized carbons (Fsp3) is 0. The van der Waals surface area contributed by atoms with Gasteiger partial charge in [-0.1, -0.05) is 0 Å². The van der Waals surface area contributed by atoms with Gasteiger partial charge in [0, 0.05) is 12.3 Å². The lowest BCUT2D eigenvalue weighted by Gasteiger charge is -2.03. The van der Waals surface area contributed by atoms with E-state index < -0.39 is 0 Å². The summed E-state index contributed by atoms with van der Waals surface area (Å²) < 4.78 is 7.03. The van der Waals surface area contributed by atoms with Gasteiger partial charge >= 0.3 is 0 Å². The summed E-state index contributed by atoms with van der Waals surface area (Å²) in [6, 6.07) is 8.32. The summed E-state index contributed by atoms with van der Waals surface area (Å²) in [5.41, 5.74) is 7.35. The van der Waals surface area contributed by atoms with Crippen LogP contribution in [0.1, 0.15) is 0 Å². The number of hydrogen-bond donors (Lipinski definition) is 2. The molecule has 4 heterocycles. The Hall–Kier alpha value is -3.42. The number of anilines is 1. The minimum absolute atomic E-state index is 0.111. The zero-order chi connectivity index (χ0) is 15.1. The van der Waals surface area contributed by atoms with Gasteiger partial charge in [0.1, 0.15) is 17.1 Å². The van der Waals surface area contributed by atoms with Gasteiger partial charge in [-0.05, 0) is 24.3 Å². The average Bonchev–Trinajstić information content (AvgIpc) is 3.15. The molecule has 4 rings (SSSR count). The summed E-state index contributed by atoms with van der Waals surface area (Å²) in [6.45, 7) is 0. The van der Waals surface area contributed by atoms with Crippen molar-refractivity contribution in [1.29, 1.82) is 0 Å². The maximum atomic E-state index is 9.48. The molecule has 0 atom stereocenters. The van der Waals surface area contributed by atoms with Crippen LogP contribution in [0.15, 0.2) is 47.2 Å². The van der Waals surface area contributed by atoms with Gasteiger partial charge in [-0.3, -0.25) is 4.40 Å². The number of aromatic nitrogens is 5. The van der Waals surface area contributed by atoms with E-state index in [9.17, 15) is 5.11 Å². The number of hydrogen-bond acceptors (Lipinski definition) is 7. The third-order valence-corrected chi connectivity index (χ3v) is 3.14. The SMILES string of the molecule is Nc1nc(-c2ccco2)cc(-c2nnc3cc(O)ccn23)n1. The van der Waals surface area contributed by atoms with Crippen LogP contribution in [0.25, 0.3) is 28.6 Å².